The normalized spacial score (nSPS) is 26.1. The molecule has 9 heteroatoms. The van der Waals surface area contributed by atoms with Gasteiger partial charge >= 0.3 is 0 Å². The summed E-state index contributed by atoms with van der Waals surface area (Å²) < 4.78 is 32.4. The number of morpholine rings is 1. The molecular formula is C17H33N5O3S. The van der Waals surface area contributed by atoms with Gasteiger partial charge in [0.2, 0.25) is 10.0 Å². The highest BCUT2D eigenvalue weighted by Crippen LogP contribution is 2.25. The molecule has 0 aromatic carbocycles. The van der Waals surface area contributed by atoms with Gasteiger partial charge in [-0.2, -0.15) is 0 Å². The van der Waals surface area contributed by atoms with E-state index >= 15 is 0 Å². The number of rotatable bonds is 7. The van der Waals surface area contributed by atoms with Gasteiger partial charge in [0.05, 0.1) is 19.0 Å². The van der Waals surface area contributed by atoms with Crippen molar-refractivity contribution in [2.45, 2.75) is 31.7 Å². The lowest BCUT2D eigenvalue weighted by molar-refractivity contribution is 0.0195. The number of likely N-dealkylation sites (tertiary alicyclic amines) is 1. The molecule has 1 atom stereocenters. The summed E-state index contributed by atoms with van der Waals surface area (Å²) in [6.07, 6.45) is 4.63. The van der Waals surface area contributed by atoms with E-state index in [2.05, 4.69) is 24.8 Å². The van der Waals surface area contributed by atoms with Crippen LogP contribution in [0.2, 0.25) is 0 Å². The standard InChI is InChI=1S/C17H33N5O3S/c1-18-17(19-6-12-26(23,24)20-13-15-3-2-4-15)22-7-5-16(14-22)21-8-10-25-11-9-21/h15-16,20H,2-14H2,1H3,(H,18,19). The zero-order chi connectivity index (χ0) is 18.4. The van der Waals surface area contributed by atoms with Crippen LogP contribution in [0.15, 0.2) is 4.99 Å². The highest BCUT2D eigenvalue weighted by Gasteiger charge is 2.30. The first-order chi connectivity index (χ1) is 12.6. The lowest BCUT2D eigenvalue weighted by Crippen LogP contribution is -2.47. The second kappa shape index (κ2) is 9.34. The van der Waals surface area contributed by atoms with Gasteiger partial charge in [0.25, 0.3) is 0 Å². The van der Waals surface area contributed by atoms with Crippen molar-refractivity contribution < 1.29 is 13.2 Å². The molecule has 1 aliphatic carbocycles. The number of aliphatic imine (C=N–C) groups is 1. The molecule has 0 bridgehead atoms. The minimum absolute atomic E-state index is 0.0828. The van der Waals surface area contributed by atoms with Crippen molar-refractivity contribution in [3.63, 3.8) is 0 Å². The van der Waals surface area contributed by atoms with Gasteiger partial charge < -0.3 is 15.0 Å². The Bertz CT molecular complexity index is 573. The number of guanidine groups is 1. The maximum Gasteiger partial charge on any atom is 0.213 e. The first-order valence-electron chi connectivity index (χ1n) is 9.82. The predicted octanol–water partition coefficient (Wildman–Crippen LogP) is -0.312. The van der Waals surface area contributed by atoms with E-state index in [1.54, 1.807) is 7.05 Å². The van der Waals surface area contributed by atoms with E-state index in [1.807, 2.05) is 0 Å². The Kier molecular flexibility index (Phi) is 7.13. The molecule has 3 rings (SSSR count). The van der Waals surface area contributed by atoms with Gasteiger partial charge in [0.1, 0.15) is 0 Å². The minimum Gasteiger partial charge on any atom is -0.379 e. The van der Waals surface area contributed by atoms with Crippen molar-refractivity contribution >= 4 is 16.0 Å². The van der Waals surface area contributed by atoms with Crippen LogP contribution in [0.3, 0.4) is 0 Å². The molecule has 2 aliphatic heterocycles. The number of nitrogens with one attached hydrogen (secondary N) is 2. The fraction of sp³-hybridized carbons (Fsp3) is 0.941. The van der Waals surface area contributed by atoms with E-state index in [9.17, 15) is 8.42 Å². The van der Waals surface area contributed by atoms with E-state index in [1.165, 1.54) is 6.42 Å². The Labute approximate surface area is 157 Å². The Morgan fingerprint density at radius 3 is 2.62 bits per heavy atom. The van der Waals surface area contributed by atoms with Gasteiger partial charge in [0, 0.05) is 52.4 Å². The SMILES string of the molecule is CN=C(NCCS(=O)(=O)NCC1CCC1)N1CCC(N2CCOCC2)C1. The zero-order valence-electron chi connectivity index (χ0n) is 15.8. The minimum atomic E-state index is -3.22. The summed E-state index contributed by atoms with van der Waals surface area (Å²) in [5.41, 5.74) is 0. The molecule has 0 aromatic heterocycles. The monoisotopic (exact) mass is 387 g/mol. The van der Waals surface area contributed by atoms with Gasteiger partial charge in [-0.25, -0.2) is 13.1 Å². The lowest BCUT2D eigenvalue weighted by Gasteiger charge is -2.32. The van der Waals surface area contributed by atoms with Gasteiger partial charge in [0.15, 0.2) is 5.96 Å². The van der Waals surface area contributed by atoms with Crippen LogP contribution in [0.4, 0.5) is 0 Å². The van der Waals surface area contributed by atoms with Crippen molar-refractivity contribution in [1.29, 1.82) is 0 Å². The molecule has 26 heavy (non-hydrogen) atoms. The maximum atomic E-state index is 12.1. The van der Waals surface area contributed by atoms with Crippen LogP contribution in [0.1, 0.15) is 25.7 Å². The molecule has 0 aromatic rings. The largest absolute Gasteiger partial charge is 0.379 e. The van der Waals surface area contributed by atoms with Crippen LogP contribution in [0, 0.1) is 5.92 Å². The molecule has 2 N–H and O–H groups in total. The van der Waals surface area contributed by atoms with E-state index in [0.29, 0.717) is 25.0 Å². The third-order valence-electron chi connectivity index (χ3n) is 5.71. The van der Waals surface area contributed by atoms with Crippen LogP contribution >= 0.6 is 0 Å². The maximum absolute atomic E-state index is 12.1. The van der Waals surface area contributed by atoms with Crippen molar-refractivity contribution in [1.82, 2.24) is 19.8 Å². The molecule has 1 unspecified atom stereocenters. The Hall–Kier alpha value is -0.900. The smallest absolute Gasteiger partial charge is 0.213 e. The Morgan fingerprint density at radius 2 is 1.96 bits per heavy atom. The van der Waals surface area contributed by atoms with Crippen LogP contribution in [-0.2, 0) is 14.8 Å². The van der Waals surface area contributed by atoms with Crippen LogP contribution in [-0.4, -0.2) is 95.5 Å². The summed E-state index contributed by atoms with van der Waals surface area (Å²) in [5, 5.41) is 3.22. The third-order valence-corrected chi connectivity index (χ3v) is 7.06. The van der Waals surface area contributed by atoms with E-state index in [4.69, 9.17) is 4.74 Å². The number of nitrogens with zero attached hydrogens (tertiary/aromatic N) is 3. The highest BCUT2D eigenvalue weighted by atomic mass is 32.2. The van der Waals surface area contributed by atoms with Crippen LogP contribution < -0.4 is 10.0 Å². The molecule has 0 amide bonds. The predicted molar refractivity (Wildman–Crippen MR) is 103 cm³/mol. The number of hydrogen-bond donors (Lipinski definition) is 2. The first-order valence-corrected chi connectivity index (χ1v) is 11.5. The van der Waals surface area contributed by atoms with Gasteiger partial charge in [-0.3, -0.25) is 9.89 Å². The molecular weight excluding hydrogens is 354 g/mol. The zero-order valence-corrected chi connectivity index (χ0v) is 16.6. The summed E-state index contributed by atoms with van der Waals surface area (Å²) in [6.45, 7) is 6.48. The van der Waals surface area contributed by atoms with Gasteiger partial charge in [-0.15, -0.1) is 0 Å². The van der Waals surface area contributed by atoms with Gasteiger partial charge in [-0.1, -0.05) is 6.42 Å². The average molecular weight is 388 g/mol. The summed E-state index contributed by atoms with van der Waals surface area (Å²) in [4.78, 5) is 9.06. The second-order valence-corrected chi connectivity index (χ2v) is 9.40. The third kappa shape index (κ3) is 5.55. The average Bonchev–Trinajstić information content (AvgIpc) is 3.08. The highest BCUT2D eigenvalue weighted by molar-refractivity contribution is 7.89. The number of hydrogen-bond acceptors (Lipinski definition) is 5. The van der Waals surface area contributed by atoms with Crippen LogP contribution in [0.25, 0.3) is 0 Å². The van der Waals surface area contributed by atoms with Crippen molar-refractivity contribution in [3.8, 4) is 0 Å². The lowest BCUT2D eigenvalue weighted by atomic mass is 9.86. The number of ether oxygens (including phenoxy) is 1. The second-order valence-electron chi connectivity index (χ2n) is 7.48. The van der Waals surface area contributed by atoms with Crippen molar-refractivity contribution in [2.24, 2.45) is 10.9 Å². The quantitative estimate of drug-likeness (QED) is 0.460. The summed E-state index contributed by atoms with van der Waals surface area (Å²) in [5.74, 6) is 1.42. The molecule has 8 nitrogen and oxygen atoms in total. The fourth-order valence-electron chi connectivity index (χ4n) is 3.82. The van der Waals surface area contributed by atoms with E-state index < -0.39 is 10.0 Å². The Morgan fingerprint density at radius 1 is 1.19 bits per heavy atom. The molecule has 1 saturated carbocycles. The van der Waals surface area contributed by atoms with E-state index in [0.717, 1.165) is 64.6 Å². The van der Waals surface area contributed by atoms with E-state index in [-0.39, 0.29) is 5.75 Å². The fourth-order valence-corrected chi connectivity index (χ4v) is 4.82. The topological polar surface area (TPSA) is 86.3 Å². The van der Waals surface area contributed by atoms with Crippen molar-refractivity contribution in [3.05, 3.63) is 0 Å². The molecule has 2 heterocycles. The molecule has 3 aliphatic rings. The van der Waals surface area contributed by atoms with Crippen LogP contribution in [0.5, 0.6) is 0 Å². The summed E-state index contributed by atoms with van der Waals surface area (Å²) in [6, 6.07) is 0.533. The number of sulfonamides is 1. The molecule has 0 spiro atoms. The molecule has 150 valence electrons. The summed E-state index contributed by atoms with van der Waals surface area (Å²) >= 11 is 0. The summed E-state index contributed by atoms with van der Waals surface area (Å²) in [7, 11) is -1.46. The molecule has 0 radical (unpaired) electrons. The van der Waals surface area contributed by atoms with Gasteiger partial charge in [-0.05, 0) is 25.2 Å². The molecule has 2 saturated heterocycles. The van der Waals surface area contributed by atoms with Crippen molar-refractivity contribution in [2.75, 3.05) is 65.3 Å². The Balaban J connectivity index is 1.39. The molecule has 3 fully saturated rings. The first kappa shape index (κ1) is 19.9.